The molecule has 4 heterocycles. The Bertz CT molecular complexity index is 1240. The minimum atomic E-state index is -0.271. The van der Waals surface area contributed by atoms with Gasteiger partial charge in [-0.25, -0.2) is 9.38 Å². The number of halogens is 1. The molecule has 5 rings (SSSR count). The predicted octanol–water partition coefficient (Wildman–Crippen LogP) is 2.87. The highest BCUT2D eigenvalue weighted by molar-refractivity contribution is 5.82. The van der Waals surface area contributed by atoms with E-state index >= 15 is 0 Å². The third kappa shape index (κ3) is 6.01. The first-order chi connectivity index (χ1) is 18.0. The predicted molar refractivity (Wildman–Crippen MR) is 140 cm³/mol. The number of likely N-dealkylation sites (tertiary alicyclic amines) is 1. The van der Waals surface area contributed by atoms with Crippen LogP contribution in [0.4, 0.5) is 4.39 Å². The summed E-state index contributed by atoms with van der Waals surface area (Å²) in [7, 11) is 3.92. The van der Waals surface area contributed by atoms with E-state index < -0.39 is 0 Å². The quantitative estimate of drug-likeness (QED) is 0.542. The number of aromatic nitrogens is 2. The van der Waals surface area contributed by atoms with Gasteiger partial charge in [-0.05, 0) is 56.9 Å². The molecule has 1 saturated heterocycles. The maximum Gasteiger partial charge on any atom is 0.148 e. The largest absolute Gasteiger partial charge is 0.490 e. The maximum atomic E-state index is 14.1. The molecule has 2 N–H and O–H groups in total. The number of nitrogens with one attached hydrogen (secondary N) is 2. The second kappa shape index (κ2) is 11.2. The summed E-state index contributed by atoms with van der Waals surface area (Å²) in [5, 5.41) is 20.6. The van der Waals surface area contributed by atoms with Crippen LogP contribution in [0, 0.1) is 17.1 Å². The van der Waals surface area contributed by atoms with E-state index in [-0.39, 0.29) is 24.1 Å². The van der Waals surface area contributed by atoms with Gasteiger partial charge >= 0.3 is 0 Å². The van der Waals surface area contributed by atoms with E-state index in [4.69, 9.17) is 4.74 Å². The number of aliphatic imine (C=N–C) groups is 1. The number of hydrogen-bond acceptors (Lipinski definition) is 8. The van der Waals surface area contributed by atoms with E-state index in [1.54, 1.807) is 12.4 Å². The minimum absolute atomic E-state index is 0.0458. The summed E-state index contributed by atoms with van der Waals surface area (Å²) in [5.74, 6) is 0.320. The Morgan fingerprint density at radius 3 is 2.89 bits per heavy atom. The van der Waals surface area contributed by atoms with Gasteiger partial charge in [-0.2, -0.15) is 10.4 Å². The van der Waals surface area contributed by atoms with Gasteiger partial charge in [-0.3, -0.25) is 4.68 Å². The third-order valence-electron chi connectivity index (χ3n) is 6.86. The van der Waals surface area contributed by atoms with Gasteiger partial charge < -0.3 is 25.2 Å². The molecule has 9 nitrogen and oxygen atoms in total. The zero-order chi connectivity index (χ0) is 25.8. The van der Waals surface area contributed by atoms with Crippen molar-refractivity contribution in [2.75, 3.05) is 33.7 Å². The van der Waals surface area contributed by atoms with Gasteiger partial charge in [0.05, 0.1) is 36.8 Å². The van der Waals surface area contributed by atoms with E-state index in [9.17, 15) is 9.65 Å². The van der Waals surface area contributed by atoms with Crippen LogP contribution in [0.3, 0.4) is 0 Å². The summed E-state index contributed by atoms with van der Waals surface area (Å²) in [6.07, 6.45) is 11.5. The van der Waals surface area contributed by atoms with E-state index in [0.29, 0.717) is 18.7 Å². The summed E-state index contributed by atoms with van der Waals surface area (Å²) in [4.78, 5) is 8.76. The molecule has 0 aliphatic carbocycles. The van der Waals surface area contributed by atoms with Gasteiger partial charge in [-0.1, -0.05) is 0 Å². The number of ether oxygens (including phenoxy) is 1. The molecule has 2 aromatic rings. The maximum absolute atomic E-state index is 14.1. The molecule has 37 heavy (non-hydrogen) atoms. The molecule has 2 unspecified atom stereocenters. The lowest BCUT2D eigenvalue weighted by atomic mass is 10.1. The molecule has 0 spiro atoms. The van der Waals surface area contributed by atoms with Crippen molar-refractivity contribution >= 4 is 12.0 Å². The normalized spacial score (nSPS) is 20.5. The van der Waals surface area contributed by atoms with Crippen molar-refractivity contribution in [1.29, 1.82) is 5.26 Å². The zero-order valence-corrected chi connectivity index (χ0v) is 21.3. The first kappa shape index (κ1) is 25.0. The van der Waals surface area contributed by atoms with Crippen LogP contribution in [0.5, 0.6) is 5.75 Å². The van der Waals surface area contributed by atoms with Gasteiger partial charge in [0.2, 0.25) is 0 Å². The second-order valence-corrected chi connectivity index (χ2v) is 10.0. The highest BCUT2D eigenvalue weighted by Gasteiger charge is 2.26. The third-order valence-corrected chi connectivity index (χ3v) is 6.86. The van der Waals surface area contributed by atoms with Crippen LogP contribution in [0.25, 0.3) is 5.70 Å². The molecule has 10 heteroatoms. The number of rotatable bonds is 9. The van der Waals surface area contributed by atoms with Crippen molar-refractivity contribution in [3.63, 3.8) is 0 Å². The number of fused-ring (bicyclic) bond motifs is 1. The van der Waals surface area contributed by atoms with Gasteiger partial charge in [0.25, 0.3) is 0 Å². The lowest BCUT2D eigenvalue weighted by molar-refractivity contribution is 0.0908. The topological polar surface area (TPSA) is 93.7 Å². The van der Waals surface area contributed by atoms with E-state index in [2.05, 4.69) is 31.7 Å². The van der Waals surface area contributed by atoms with Crippen LogP contribution < -0.4 is 15.4 Å². The standard InChI is InChI=1S/C27H33FN8O/c1-34(2)15-19-11-21(28)13-24(12-19)37-23-5-9-35(10-6-23)17-22(3-7-29)36-16-20(14-33-36)26-25-4-8-30-27(25)32-18-31-26/h4,8,11-14,16,18,22-23,27,30H,3,5-6,9-10,15,17H2,1-2H3,(H,31,32). The fourth-order valence-electron chi connectivity index (χ4n) is 5.12. The first-order valence-electron chi connectivity index (χ1n) is 12.7. The van der Waals surface area contributed by atoms with Crippen LogP contribution in [-0.4, -0.2) is 71.9 Å². The van der Waals surface area contributed by atoms with Crippen molar-refractivity contribution in [3.8, 4) is 11.8 Å². The molecule has 3 aliphatic heterocycles. The summed E-state index contributed by atoms with van der Waals surface area (Å²) in [6, 6.07) is 7.22. The molecule has 0 bridgehead atoms. The number of piperidine rings is 1. The number of nitriles is 1. The smallest absolute Gasteiger partial charge is 0.148 e. The Balaban J connectivity index is 1.19. The Labute approximate surface area is 216 Å². The fraction of sp³-hybridized carbons (Fsp3) is 0.444. The lowest BCUT2D eigenvalue weighted by Crippen LogP contribution is -2.41. The van der Waals surface area contributed by atoms with Gasteiger partial charge in [-0.15, -0.1) is 0 Å². The van der Waals surface area contributed by atoms with Gasteiger partial charge in [0, 0.05) is 49.6 Å². The van der Waals surface area contributed by atoms with Gasteiger partial charge in [0.1, 0.15) is 23.8 Å². The molecular weight excluding hydrogens is 471 g/mol. The highest BCUT2D eigenvalue weighted by atomic mass is 19.1. The van der Waals surface area contributed by atoms with Crippen molar-refractivity contribution in [2.24, 2.45) is 4.99 Å². The average Bonchev–Trinajstić information content (AvgIpc) is 3.54. The van der Waals surface area contributed by atoms with Crippen LogP contribution in [0.1, 0.15) is 36.4 Å². The van der Waals surface area contributed by atoms with E-state index in [0.717, 1.165) is 54.9 Å². The lowest BCUT2D eigenvalue weighted by Gasteiger charge is -2.34. The second-order valence-electron chi connectivity index (χ2n) is 10.0. The molecule has 0 saturated carbocycles. The number of nitrogens with zero attached hydrogens (tertiary/aromatic N) is 6. The van der Waals surface area contributed by atoms with Crippen LogP contribution in [0.2, 0.25) is 0 Å². The van der Waals surface area contributed by atoms with Crippen molar-refractivity contribution < 1.29 is 9.13 Å². The summed E-state index contributed by atoms with van der Waals surface area (Å²) in [6.45, 7) is 3.11. The monoisotopic (exact) mass is 504 g/mol. The Morgan fingerprint density at radius 2 is 2.11 bits per heavy atom. The first-order valence-corrected chi connectivity index (χ1v) is 12.7. The Kier molecular flexibility index (Phi) is 7.53. The van der Waals surface area contributed by atoms with Gasteiger partial charge in [0.15, 0.2) is 0 Å². The average molecular weight is 505 g/mol. The van der Waals surface area contributed by atoms with Crippen molar-refractivity contribution in [3.05, 3.63) is 65.4 Å². The number of hydrogen-bond donors (Lipinski definition) is 2. The summed E-state index contributed by atoms with van der Waals surface area (Å²) < 4.78 is 22.2. The molecule has 194 valence electrons. The van der Waals surface area contributed by atoms with E-state index in [1.165, 1.54) is 6.07 Å². The van der Waals surface area contributed by atoms with Crippen LogP contribution in [-0.2, 0) is 6.54 Å². The number of benzene rings is 1. The SMILES string of the molecule is CN(C)Cc1cc(F)cc(OC2CCN(CC(CC#N)n3cc(C4=C5C=CNC5N=CN4)cn3)CC2)c1. The molecule has 1 aromatic heterocycles. The van der Waals surface area contributed by atoms with Crippen LogP contribution in [0.15, 0.2) is 53.4 Å². The highest BCUT2D eigenvalue weighted by Crippen LogP contribution is 2.27. The summed E-state index contributed by atoms with van der Waals surface area (Å²) >= 11 is 0. The molecule has 3 aliphatic rings. The molecule has 0 radical (unpaired) electrons. The minimum Gasteiger partial charge on any atom is -0.490 e. The summed E-state index contributed by atoms with van der Waals surface area (Å²) in [5.41, 5.74) is 3.93. The molecule has 2 atom stereocenters. The Morgan fingerprint density at radius 1 is 1.27 bits per heavy atom. The van der Waals surface area contributed by atoms with E-state index in [1.807, 2.05) is 54.4 Å². The molecular formula is C27H33FN8O. The molecule has 1 aromatic carbocycles. The van der Waals surface area contributed by atoms with Crippen molar-refractivity contribution in [1.82, 2.24) is 30.2 Å². The van der Waals surface area contributed by atoms with Crippen LogP contribution >= 0.6 is 0 Å². The Hall–Kier alpha value is -3.68. The van der Waals surface area contributed by atoms with Crippen molar-refractivity contribution in [2.45, 2.75) is 44.1 Å². The molecule has 0 amide bonds. The molecule has 1 fully saturated rings. The fourth-order valence-corrected chi connectivity index (χ4v) is 5.12. The zero-order valence-electron chi connectivity index (χ0n) is 21.3.